The maximum atomic E-state index is 5.85. The van der Waals surface area contributed by atoms with E-state index < -0.39 is 0 Å². The van der Waals surface area contributed by atoms with Crippen LogP contribution < -0.4 is 15.2 Å². The monoisotopic (exact) mass is 261 g/mol. The smallest absolute Gasteiger partial charge is 0.128 e. The minimum absolute atomic E-state index is 0.135. The number of aromatic nitrogens is 2. The molecule has 0 aliphatic heterocycles. The third-order valence-corrected chi connectivity index (χ3v) is 3.00. The number of H-pyrrole nitrogens is 1. The molecule has 0 aliphatic rings. The van der Waals surface area contributed by atoms with E-state index in [1.54, 1.807) is 14.2 Å². The number of aromatic amines is 1. The number of nitrogens with two attached hydrogens (primary N) is 1. The molecule has 0 bridgehead atoms. The lowest BCUT2D eigenvalue weighted by molar-refractivity contribution is 0.404. The van der Waals surface area contributed by atoms with Crippen molar-refractivity contribution < 1.29 is 9.47 Å². The van der Waals surface area contributed by atoms with E-state index in [1.807, 2.05) is 32.0 Å². The molecule has 1 atom stereocenters. The Morgan fingerprint density at radius 3 is 2.53 bits per heavy atom. The van der Waals surface area contributed by atoms with Gasteiger partial charge in [0.1, 0.15) is 17.3 Å². The Hall–Kier alpha value is -2.01. The molecule has 0 saturated carbocycles. The first-order valence-corrected chi connectivity index (χ1v) is 6.11. The summed E-state index contributed by atoms with van der Waals surface area (Å²) >= 11 is 0. The lowest BCUT2D eigenvalue weighted by Crippen LogP contribution is -2.06. The summed E-state index contributed by atoms with van der Waals surface area (Å²) in [4.78, 5) is 7.75. The summed E-state index contributed by atoms with van der Waals surface area (Å²) in [5.74, 6) is 2.28. The van der Waals surface area contributed by atoms with Gasteiger partial charge in [0, 0.05) is 11.3 Å². The van der Waals surface area contributed by atoms with E-state index in [9.17, 15) is 0 Å². The highest BCUT2D eigenvalue weighted by molar-refractivity contribution is 5.71. The van der Waals surface area contributed by atoms with Gasteiger partial charge in [-0.1, -0.05) is 0 Å². The number of imidazole rings is 1. The fourth-order valence-electron chi connectivity index (χ4n) is 1.96. The standard InChI is InChI=1S/C14H19N3O2/c1-8(15)14-16-9(2)13(17-14)11-7-10(18-3)5-6-12(11)19-4/h5-8H,15H2,1-4H3,(H,16,17). The quantitative estimate of drug-likeness (QED) is 0.886. The fraction of sp³-hybridized carbons (Fsp3) is 0.357. The van der Waals surface area contributed by atoms with Gasteiger partial charge in [0.15, 0.2) is 0 Å². The number of hydrogen-bond acceptors (Lipinski definition) is 4. The second kappa shape index (κ2) is 5.32. The van der Waals surface area contributed by atoms with Gasteiger partial charge in [-0.2, -0.15) is 0 Å². The van der Waals surface area contributed by atoms with Crippen LogP contribution in [0, 0.1) is 6.92 Å². The van der Waals surface area contributed by atoms with Crippen LogP contribution in [0.25, 0.3) is 11.3 Å². The van der Waals surface area contributed by atoms with Crippen molar-refractivity contribution in [1.82, 2.24) is 9.97 Å². The largest absolute Gasteiger partial charge is 0.497 e. The van der Waals surface area contributed by atoms with Gasteiger partial charge < -0.3 is 20.2 Å². The summed E-state index contributed by atoms with van der Waals surface area (Å²) in [6.07, 6.45) is 0. The molecule has 1 heterocycles. The second-order valence-electron chi connectivity index (χ2n) is 4.45. The third-order valence-electron chi connectivity index (χ3n) is 3.00. The van der Waals surface area contributed by atoms with Gasteiger partial charge in [0.2, 0.25) is 0 Å². The van der Waals surface area contributed by atoms with Crippen LogP contribution in [0.5, 0.6) is 11.5 Å². The van der Waals surface area contributed by atoms with Crippen LogP contribution in [-0.4, -0.2) is 24.2 Å². The number of methoxy groups -OCH3 is 2. The first-order valence-electron chi connectivity index (χ1n) is 6.11. The highest BCUT2D eigenvalue weighted by Gasteiger charge is 2.16. The fourth-order valence-corrected chi connectivity index (χ4v) is 1.96. The number of hydrogen-bond donors (Lipinski definition) is 2. The molecule has 0 aliphatic carbocycles. The SMILES string of the molecule is COc1ccc(OC)c(-c2nc(C(C)N)[nH]c2C)c1. The zero-order valence-corrected chi connectivity index (χ0v) is 11.7. The topological polar surface area (TPSA) is 73.2 Å². The van der Waals surface area contributed by atoms with Crippen LogP contribution in [0.4, 0.5) is 0 Å². The molecule has 0 spiro atoms. The highest BCUT2D eigenvalue weighted by atomic mass is 16.5. The van der Waals surface area contributed by atoms with Crippen LogP contribution in [0.1, 0.15) is 24.5 Å². The first-order chi connectivity index (χ1) is 9.06. The molecule has 102 valence electrons. The van der Waals surface area contributed by atoms with Gasteiger partial charge in [0.05, 0.1) is 26.0 Å². The van der Waals surface area contributed by atoms with Gasteiger partial charge in [0.25, 0.3) is 0 Å². The Balaban J connectivity index is 2.56. The Bertz CT molecular complexity index is 576. The minimum atomic E-state index is -0.135. The molecule has 2 aromatic rings. The summed E-state index contributed by atoms with van der Waals surface area (Å²) in [5, 5.41) is 0. The normalized spacial score (nSPS) is 12.3. The Morgan fingerprint density at radius 2 is 2.00 bits per heavy atom. The molecule has 1 aromatic heterocycles. The zero-order chi connectivity index (χ0) is 14.0. The van der Waals surface area contributed by atoms with Gasteiger partial charge >= 0.3 is 0 Å². The van der Waals surface area contributed by atoms with E-state index in [-0.39, 0.29) is 6.04 Å². The van der Waals surface area contributed by atoms with Gasteiger partial charge in [-0.25, -0.2) is 4.98 Å². The van der Waals surface area contributed by atoms with Crippen molar-refractivity contribution >= 4 is 0 Å². The molecule has 0 fully saturated rings. The highest BCUT2D eigenvalue weighted by Crippen LogP contribution is 2.34. The first kappa shape index (κ1) is 13.4. The number of rotatable bonds is 4. The second-order valence-corrected chi connectivity index (χ2v) is 4.45. The van der Waals surface area contributed by atoms with Gasteiger partial charge in [-0.15, -0.1) is 0 Å². The molecule has 0 saturated heterocycles. The molecule has 1 aromatic carbocycles. The van der Waals surface area contributed by atoms with Crippen molar-refractivity contribution in [1.29, 1.82) is 0 Å². The summed E-state index contributed by atoms with van der Waals surface area (Å²) in [6, 6.07) is 5.50. The van der Waals surface area contributed by atoms with E-state index in [0.717, 1.165) is 34.3 Å². The predicted molar refractivity (Wildman–Crippen MR) is 74.5 cm³/mol. The van der Waals surface area contributed by atoms with E-state index >= 15 is 0 Å². The summed E-state index contributed by atoms with van der Waals surface area (Å²) in [6.45, 7) is 3.86. The van der Waals surface area contributed by atoms with Crippen LogP contribution >= 0.6 is 0 Å². The Kier molecular flexibility index (Phi) is 3.76. The lowest BCUT2D eigenvalue weighted by atomic mass is 10.1. The molecule has 5 heteroatoms. The number of ether oxygens (including phenoxy) is 2. The van der Waals surface area contributed by atoms with Crippen molar-refractivity contribution in [3.05, 3.63) is 29.7 Å². The van der Waals surface area contributed by atoms with Crippen molar-refractivity contribution in [2.24, 2.45) is 5.73 Å². The van der Waals surface area contributed by atoms with Crippen LogP contribution in [0.15, 0.2) is 18.2 Å². The van der Waals surface area contributed by atoms with Crippen LogP contribution in [0.3, 0.4) is 0 Å². The average molecular weight is 261 g/mol. The van der Waals surface area contributed by atoms with Gasteiger partial charge in [-0.05, 0) is 32.0 Å². The third kappa shape index (κ3) is 2.56. The molecule has 1 unspecified atom stereocenters. The molecule has 0 amide bonds. The number of nitrogens with one attached hydrogen (secondary N) is 1. The Labute approximate surface area is 112 Å². The van der Waals surface area contributed by atoms with Crippen LogP contribution in [-0.2, 0) is 0 Å². The number of aryl methyl sites for hydroxylation is 1. The van der Waals surface area contributed by atoms with Crippen molar-refractivity contribution in [2.75, 3.05) is 14.2 Å². The van der Waals surface area contributed by atoms with Crippen molar-refractivity contribution in [3.63, 3.8) is 0 Å². The predicted octanol–water partition coefficient (Wildman–Crippen LogP) is 2.42. The number of benzene rings is 1. The molecule has 2 rings (SSSR count). The molecule has 19 heavy (non-hydrogen) atoms. The van der Waals surface area contributed by atoms with E-state index in [1.165, 1.54) is 0 Å². The van der Waals surface area contributed by atoms with E-state index in [0.29, 0.717) is 0 Å². The minimum Gasteiger partial charge on any atom is -0.497 e. The Morgan fingerprint density at radius 1 is 1.26 bits per heavy atom. The molecular formula is C14H19N3O2. The lowest BCUT2D eigenvalue weighted by Gasteiger charge is -2.09. The van der Waals surface area contributed by atoms with E-state index in [2.05, 4.69) is 9.97 Å². The van der Waals surface area contributed by atoms with E-state index in [4.69, 9.17) is 15.2 Å². The van der Waals surface area contributed by atoms with Crippen molar-refractivity contribution in [3.8, 4) is 22.8 Å². The van der Waals surface area contributed by atoms with Crippen LogP contribution in [0.2, 0.25) is 0 Å². The summed E-state index contributed by atoms with van der Waals surface area (Å²) in [7, 11) is 3.27. The van der Waals surface area contributed by atoms with Crippen molar-refractivity contribution in [2.45, 2.75) is 19.9 Å². The maximum absolute atomic E-state index is 5.85. The average Bonchev–Trinajstić information content (AvgIpc) is 2.80. The zero-order valence-electron chi connectivity index (χ0n) is 11.7. The summed E-state index contributed by atoms with van der Waals surface area (Å²) in [5.41, 5.74) is 8.54. The molecule has 0 radical (unpaired) electrons. The summed E-state index contributed by atoms with van der Waals surface area (Å²) < 4.78 is 10.6. The molecule has 5 nitrogen and oxygen atoms in total. The maximum Gasteiger partial charge on any atom is 0.128 e. The van der Waals surface area contributed by atoms with Gasteiger partial charge in [-0.3, -0.25) is 0 Å². The number of nitrogens with zero attached hydrogens (tertiary/aromatic N) is 1. The molecular weight excluding hydrogens is 242 g/mol. The molecule has 3 N–H and O–H groups in total.